The van der Waals surface area contributed by atoms with E-state index >= 15 is 0 Å². The third kappa shape index (κ3) is 5.15. The first-order valence-electron chi connectivity index (χ1n) is 12.3. The van der Waals surface area contributed by atoms with Gasteiger partial charge in [-0.05, 0) is 54.4 Å². The van der Waals surface area contributed by atoms with E-state index in [2.05, 4.69) is 61.2 Å². The van der Waals surface area contributed by atoms with Gasteiger partial charge in [-0.3, -0.25) is 4.79 Å². The van der Waals surface area contributed by atoms with E-state index in [0.717, 1.165) is 51.2 Å². The smallest absolute Gasteiger partial charge is 0.229 e. The number of carbonyl (C=O) groups excluding carboxylic acids is 1. The summed E-state index contributed by atoms with van der Waals surface area (Å²) in [5.41, 5.74) is 3.69. The number of aromatic nitrogens is 2. The van der Waals surface area contributed by atoms with Crippen molar-refractivity contribution in [2.45, 2.75) is 25.3 Å². The monoisotopic (exact) mass is 496 g/mol. The number of nitrogens with zero attached hydrogens (tertiary/aromatic N) is 3. The van der Waals surface area contributed by atoms with Crippen LogP contribution in [0, 0.1) is 17.8 Å². The largest absolute Gasteiger partial charge is 0.383 e. The highest BCUT2D eigenvalue weighted by Crippen LogP contribution is 2.45. The number of nitrogens with one attached hydrogen (secondary N) is 3. The molecule has 3 aliphatic rings. The van der Waals surface area contributed by atoms with Crippen molar-refractivity contribution in [1.82, 2.24) is 20.2 Å². The van der Waals surface area contributed by atoms with Crippen molar-refractivity contribution in [2.75, 3.05) is 51.0 Å². The minimum atomic E-state index is -0.134. The van der Waals surface area contributed by atoms with Crippen molar-refractivity contribution in [3.63, 3.8) is 0 Å². The Kier molecular flexibility index (Phi) is 7.22. The molecule has 1 aromatic carbocycles. The molecule has 1 aromatic heterocycles. The third-order valence-electron chi connectivity index (χ3n) is 7.52. The fraction of sp³-hybridized carbons (Fsp3) is 0.500. The maximum Gasteiger partial charge on any atom is 0.229 e. The molecule has 1 saturated carbocycles. The summed E-state index contributed by atoms with van der Waals surface area (Å²) in [4.78, 5) is 24.1. The SMILES string of the molecule is CNC(=O)C1C2C=CC(C2)C1Nc1nc(Nc2ccc3c(c2)CCN(CCOC)CC3)ncc1Cl. The lowest BCUT2D eigenvalue weighted by molar-refractivity contribution is -0.125. The van der Waals surface area contributed by atoms with Gasteiger partial charge >= 0.3 is 0 Å². The number of amides is 1. The van der Waals surface area contributed by atoms with Crippen molar-refractivity contribution in [1.29, 1.82) is 0 Å². The second-order valence-electron chi connectivity index (χ2n) is 9.59. The van der Waals surface area contributed by atoms with Gasteiger partial charge in [-0.1, -0.05) is 29.8 Å². The lowest BCUT2D eigenvalue weighted by Gasteiger charge is -2.28. The van der Waals surface area contributed by atoms with Gasteiger partial charge in [0.05, 0.1) is 18.7 Å². The van der Waals surface area contributed by atoms with E-state index in [-0.39, 0.29) is 29.7 Å². The van der Waals surface area contributed by atoms with E-state index in [1.54, 1.807) is 20.4 Å². The van der Waals surface area contributed by atoms with E-state index in [9.17, 15) is 4.79 Å². The predicted molar refractivity (Wildman–Crippen MR) is 138 cm³/mol. The Morgan fingerprint density at radius 2 is 2.00 bits per heavy atom. The number of halogens is 1. The van der Waals surface area contributed by atoms with Gasteiger partial charge in [0.2, 0.25) is 11.9 Å². The second-order valence-corrected chi connectivity index (χ2v) is 10.00. The topological polar surface area (TPSA) is 91.4 Å². The molecule has 1 amide bonds. The zero-order valence-corrected chi connectivity index (χ0v) is 21.0. The zero-order chi connectivity index (χ0) is 24.4. The number of hydrogen-bond donors (Lipinski definition) is 3. The standard InChI is InChI=1S/C26H33ClN6O2/c1-28-25(34)22-18-3-4-19(13-18)23(22)31-24-21(27)15-29-26(32-24)30-20-6-5-16-7-9-33(11-12-35-2)10-8-17(16)14-20/h3-6,14-15,18-19,22-23H,7-13H2,1-2H3,(H,28,34)(H2,29,30,31,32). The molecule has 2 aromatic rings. The fourth-order valence-electron chi connectivity index (χ4n) is 5.65. The maximum atomic E-state index is 12.5. The molecule has 2 aliphatic carbocycles. The molecule has 0 spiro atoms. The van der Waals surface area contributed by atoms with Gasteiger partial charge in [-0.15, -0.1) is 0 Å². The summed E-state index contributed by atoms with van der Waals surface area (Å²) in [7, 11) is 3.44. The number of rotatable bonds is 8. The van der Waals surface area contributed by atoms with Gasteiger partial charge in [-0.2, -0.15) is 4.98 Å². The van der Waals surface area contributed by atoms with Crippen LogP contribution in [-0.4, -0.2) is 67.2 Å². The number of allylic oxidation sites excluding steroid dienone is 1. The molecule has 186 valence electrons. The van der Waals surface area contributed by atoms with Crippen LogP contribution in [0.1, 0.15) is 17.5 Å². The lowest BCUT2D eigenvalue weighted by Crippen LogP contribution is -2.42. The van der Waals surface area contributed by atoms with Crippen molar-refractivity contribution < 1.29 is 9.53 Å². The number of methoxy groups -OCH3 is 1. The molecule has 4 atom stereocenters. The van der Waals surface area contributed by atoms with Gasteiger partial charge in [0.25, 0.3) is 0 Å². The summed E-state index contributed by atoms with van der Waals surface area (Å²) in [6, 6.07) is 6.43. The molecule has 8 nitrogen and oxygen atoms in total. The molecule has 3 N–H and O–H groups in total. The highest BCUT2D eigenvalue weighted by atomic mass is 35.5. The van der Waals surface area contributed by atoms with E-state index in [1.165, 1.54) is 11.1 Å². The molecule has 4 unspecified atom stereocenters. The molecule has 2 heterocycles. The Morgan fingerprint density at radius 1 is 1.20 bits per heavy atom. The van der Waals surface area contributed by atoms with Crippen LogP contribution in [-0.2, 0) is 22.4 Å². The van der Waals surface area contributed by atoms with E-state index in [0.29, 0.717) is 16.8 Å². The van der Waals surface area contributed by atoms with E-state index in [4.69, 9.17) is 16.3 Å². The first kappa shape index (κ1) is 24.0. The molecule has 35 heavy (non-hydrogen) atoms. The molecule has 1 fully saturated rings. The van der Waals surface area contributed by atoms with Crippen molar-refractivity contribution in [3.05, 3.63) is 52.7 Å². The Hall–Kier alpha value is -2.68. The van der Waals surface area contributed by atoms with Gasteiger partial charge in [-0.25, -0.2) is 4.98 Å². The Balaban J connectivity index is 1.29. The van der Waals surface area contributed by atoms with Crippen LogP contribution >= 0.6 is 11.6 Å². The molecule has 0 saturated heterocycles. The van der Waals surface area contributed by atoms with E-state index in [1.807, 2.05) is 0 Å². The van der Waals surface area contributed by atoms with Crippen LogP contribution in [0.4, 0.5) is 17.5 Å². The van der Waals surface area contributed by atoms with Crippen molar-refractivity contribution >= 4 is 35.0 Å². The molecular formula is C26H33ClN6O2. The average molecular weight is 497 g/mol. The van der Waals surface area contributed by atoms with Gasteiger partial charge in [0.15, 0.2) is 5.82 Å². The van der Waals surface area contributed by atoms with Gasteiger partial charge < -0.3 is 25.6 Å². The first-order chi connectivity index (χ1) is 17.1. The van der Waals surface area contributed by atoms with Gasteiger partial charge in [0.1, 0.15) is 5.02 Å². The quantitative estimate of drug-likeness (QED) is 0.483. The Labute approximate surface area is 211 Å². The summed E-state index contributed by atoms with van der Waals surface area (Å²) < 4.78 is 5.24. The van der Waals surface area contributed by atoms with Crippen molar-refractivity contribution in [3.8, 4) is 0 Å². The highest BCUT2D eigenvalue weighted by Gasteiger charge is 2.48. The molecule has 5 rings (SSSR count). The molecule has 0 radical (unpaired) electrons. The highest BCUT2D eigenvalue weighted by molar-refractivity contribution is 6.32. The lowest BCUT2D eigenvalue weighted by atomic mass is 9.88. The van der Waals surface area contributed by atoms with Crippen LogP contribution in [0.25, 0.3) is 0 Å². The minimum absolute atomic E-state index is 0.0428. The summed E-state index contributed by atoms with van der Waals surface area (Å²) in [5.74, 6) is 1.48. The molecule has 9 heteroatoms. The third-order valence-corrected chi connectivity index (χ3v) is 7.80. The Bertz CT molecular complexity index is 1110. The van der Waals surface area contributed by atoms with E-state index < -0.39 is 0 Å². The summed E-state index contributed by atoms with van der Waals surface area (Å²) in [6.45, 7) is 3.79. The number of hydrogen-bond acceptors (Lipinski definition) is 7. The summed E-state index contributed by atoms with van der Waals surface area (Å²) in [5, 5.41) is 10.1. The number of ether oxygens (including phenoxy) is 1. The average Bonchev–Trinajstić information content (AvgIpc) is 3.41. The summed E-state index contributed by atoms with van der Waals surface area (Å²) in [6.07, 6.45) is 8.97. The first-order valence-corrected chi connectivity index (χ1v) is 12.7. The van der Waals surface area contributed by atoms with Crippen LogP contribution in [0.5, 0.6) is 0 Å². The van der Waals surface area contributed by atoms with Crippen LogP contribution in [0.15, 0.2) is 36.5 Å². The number of carbonyl (C=O) groups is 1. The maximum absolute atomic E-state index is 12.5. The zero-order valence-electron chi connectivity index (χ0n) is 20.3. The van der Waals surface area contributed by atoms with Gasteiger partial charge in [0, 0.05) is 45.5 Å². The van der Waals surface area contributed by atoms with Crippen LogP contribution in [0.3, 0.4) is 0 Å². The number of fused-ring (bicyclic) bond motifs is 3. The number of benzene rings is 1. The normalized spacial score (nSPS) is 25.2. The van der Waals surface area contributed by atoms with Crippen molar-refractivity contribution in [2.24, 2.45) is 17.8 Å². The molecular weight excluding hydrogens is 464 g/mol. The number of anilines is 3. The Morgan fingerprint density at radius 3 is 2.80 bits per heavy atom. The van der Waals surface area contributed by atoms with Crippen LogP contribution < -0.4 is 16.0 Å². The molecule has 2 bridgehead atoms. The summed E-state index contributed by atoms with van der Waals surface area (Å²) >= 11 is 6.46. The fourth-order valence-corrected chi connectivity index (χ4v) is 5.80. The second kappa shape index (κ2) is 10.5. The molecule has 1 aliphatic heterocycles. The van der Waals surface area contributed by atoms with Crippen LogP contribution in [0.2, 0.25) is 5.02 Å². The predicted octanol–water partition coefficient (Wildman–Crippen LogP) is 3.27. The minimum Gasteiger partial charge on any atom is -0.383 e.